The molecule has 4 N–H and O–H groups in total. The number of pyridine rings is 1. The zero-order valence-electron chi connectivity index (χ0n) is 35.9. The first-order chi connectivity index (χ1) is 31.0. The van der Waals surface area contributed by atoms with Gasteiger partial charge in [-0.05, 0) is 81.2 Å². The molecule has 1 atom stereocenters. The number of nitrogens with one attached hydrogen (secondary N) is 4. The molecule has 5 heterocycles. The number of anilines is 3. The Balaban J connectivity index is 0.914. The van der Waals surface area contributed by atoms with E-state index in [0.29, 0.717) is 85.0 Å². The number of carbonyl (C=O) groups is 4. The summed E-state index contributed by atoms with van der Waals surface area (Å²) in [4.78, 5) is 72.9. The molecule has 2 aromatic carbocycles. The van der Waals surface area contributed by atoms with Crippen LogP contribution >= 0.6 is 12.1 Å². The van der Waals surface area contributed by atoms with E-state index in [4.69, 9.17) is 0 Å². The molecule has 2 saturated heterocycles. The molecule has 334 valence electrons. The lowest BCUT2D eigenvalue weighted by atomic mass is 9.86. The van der Waals surface area contributed by atoms with Crippen molar-refractivity contribution in [2.24, 2.45) is 0 Å². The van der Waals surface area contributed by atoms with Gasteiger partial charge in [-0.15, -0.1) is 0 Å². The SMILES string of the molecule is CCN(C)SNc1ccc(F)c(C(=O)c2c[nH]c3ncc(-c4cnc(N5CCN(C(=O)CN6CCC(c7ccc(NC(CCC=O)C(=O)NC)cc7C#N)CC6)CC5)nc4)cc23)c1F. The molecule has 2 amide bonds. The lowest BCUT2D eigenvalue weighted by Crippen LogP contribution is -2.52. The molecule has 5 aromatic rings. The van der Waals surface area contributed by atoms with E-state index < -0.39 is 29.0 Å². The molecule has 2 fully saturated rings. The maximum Gasteiger partial charge on any atom is 0.242 e. The van der Waals surface area contributed by atoms with E-state index in [-0.39, 0.29) is 35.4 Å². The van der Waals surface area contributed by atoms with E-state index in [9.17, 15) is 28.8 Å². The van der Waals surface area contributed by atoms with Gasteiger partial charge in [0, 0.05) is 111 Å². The minimum atomic E-state index is -0.985. The van der Waals surface area contributed by atoms with Crippen LogP contribution in [0.5, 0.6) is 0 Å². The molecule has 1 unspecified atom stereocenters. The molecule has 64 heavy (non-hydrogen) atoms. The third kappa shape index (κ3) is 10.3. The number of nitrogens with zero attached hydrogens (tertiary/aromatic N) is 8. The fourth-order valence-corrected chi connectivity index (χ4v) is 8.52. The second-order valence-corrected chi connectivity index (χ2v) is 16.7. The number of fused-ring (bicyclic) bond motifs is 1. The Hall–Kier alpha value is -6.49. The first kappa shape index (κ1) is 45.5. The number of aromatic nitrogens is 4. The summed E-state index contributed by atoms with van der Waals surface area (Å²) < 4.78 is 35.2. The van der Waals surface area contributed by atoms with Gasteiger partial charge in [-0.3, -0.25) is 19.3 Å². The van der Waals surface area contributed by atoms with E-state index in [2.05, 4.69) is 46.3 Å². The zero-order valence-corrected chi connectivity index (χ0v) is 36.7. The Morgan fingerprint density at radius 1 is 1.02 bits per heavy atom. The molecular weight excluding hydrogens is 843 g/mol. The van der Waals surface area contributed by atoms with Crippen LogP contribution in [0.25, 0.3) is 22.2 Å². The van der Waals surface area contributed by atoms with Gasteiger partial charge < -0.3 is 34.9 Å². The summed E-state index contributed by atoms with van der Waals surface area (Å²) >= 11 is 1.13. The largest absolute Gasteiger partial charge is 0.374 e. The number of hydrogen-bond donors (Lipinski definition) is 4. The number of ketones is 1. The Labute approximate surface area is 374 Å². The Morgan fingerprint density at radius 3 is 2.44 bits per heavy atom. The van der Waals surface area contributed by atoms with Crippen LogP contribution in [-0.4, -0.2) is 130 Å². The first-order valence-corrected chi connectivity index (χ1v) is 22.0. The second-order valence-electron chi connectivity index (χ2n) is 15.7. The maximum atomic E-state index is 15.5. The van der Waals surface area contributed by atoms with Crippen LogP contribution < -0.4 is 20.3 Å². The van der Waals surface area contributed by atoms with Gasteiger partial charge in [0.25, 0.3) is 0 Å². The fourth-order valence-electron chi connectivity index (χ4n) is 7.98. The number of hydrogen-bond acceptors (Lipinski definition) is 14. The van der Waals surface area contributed by atoms with Crippen LogP contribution in [0, 0.1) is 23.0 Å². The Kier molecular flexibility index (Phi) is 14.8. The smallest absolute Gasteiger partial charge is 0.242 e. The average molecular weight is 893 g/mol. The number of aldehydes is 1. The lowest BCUT2D eigenvalue weighted by molar-refractivity contribution is -0.133. The van der Waals surface area contributed by atoms with Crippen molar-refractivity contribution in [3.05, 3.63) is 95.1 Å². The van der Waals surface area contributed by atoms with Gasteiger partial charge in [-0.1, -0.05) is 13.0 Å². The molecule has 2 aliphatic rings. The van der Waals surface area contributed by atoms with Gasteiger partial charge in [-0.25, -0.2) is 28.0 Å². The average Bonchev–Trinajstić information content (AvgIpc) is 3.76. The molecule has 3 aromatic heterocycles. The van der Waals surface area contributed by atoms with Gasteiger partial charge in [0.05, 0.1) is 29.4 Å². The van der Waals surface area contributed by atoms with Crippen molar-refractivity contribution in [2.45, 2.75) is 44.6 Å². The van der Waals surface area contributed by atoms with E-state index in [1.54, 1.807) is 37.8 Å². The molecule has 2 aliphatic heterocycles. The third-order valence-electron chi connectivity index (χ3n) is 11.8. The third-order valence-corrected chi connectivity index (χ3v) is 12.7. The molecule has 0 saturated carbocycles. The molecule has 0 radical (unpaired) electrons. The number of piperazine rings is 1. The number of piperidine rings is 1. The van der Waals surface area contributed by atoms with Crippen molar-refractivity contribution in [2.75, 3.05) is 81.4 Å². The predicted octanol–water partition coefficient (Wildman–Crippen LogP) is 5.36. The van der Waals surface area contributed by atoms with Crippen molar-refractivity contribution < 1.29 is 28.0 Å². The van der Waals surface area contributed by atoms with E-state index >= 15 is 4.39 Å². The van der Waals surface area contributed by atoms with Crippen molar-refractivity contribution in [3.8, 4) is 17.2 Å². The number of carbonyl (C=O) groups excluding carboxylic acids is 4. The molecule has 16 nitrogen and oxygen atoms in total. The Morgan fingerprint density at radius 2 is 1.75 bits per heavy atom. The number of likely N-dealkylation sites (N-methyl/N-ethyl adjacent to an activating group) is 1. The monoisotopic (exact) mass is 892 g/mol. The van der Waals surface area contributed by atoms with Crippen molar-refractivity contribution >= 4 is 64.4 Å². The summed E-state index contributed by atoms with van der Waals surface area (Å²) in [7, 11) is 3.35. The summed E-state index contributed by atoms with van der Waals surface area (Å²) in [6, 6.07) is 11.3. The summed E-state index contributed by atoms with van der Waals surface area (Å²) in [6.07, 6.45) is 9.28. The molecule has 19 heteroatoms. The minimum absolute atomic E-state index is 0.0116. The molecule has 0 bridgehead atoms. The number of benzene rings is 2. The highest BCUT2D eigenvalue weighted by atomic mass is 32.2. The minimum Gasteiger partial charge on any atom is -0.374 e. The van der Waals surface area contributed by atoms with Crippen LogP contribution in [0.2, 0.25) is 0 Å². The zero-order chi connectivity index (χ0) is 45.3. The van der Waals surface area contributed by atoms with Gasteiger partial charge in [0.15, 0.2) is 5.82 Å². The molecular formula is C45H50F2N12O4S. The second kappa shape index (κ2) is 20.8. The number of halogens is 2. The van der Waals surface area contributed by atoms with Gasteiger partial charge in [-0.2, -0.15) is 5.26 Å². The quantitative estimate of drug-likeness (QED) is 0.0529. The summed E-state index contributed by atoms with van der Waals surface area (Å²) in [5.41, 5.74) is 3.14. The van der Waals surface area contributed by atoms with Crippen LogP contribution in [0.3, 0.4) is 0 Å². The highest BCUT2D eigenvalue weighted by molar-refractivity contribution is 7.98. The van der Waals surface area contributed by atoms with Crippen molar-refractivity contribution in [1.82, 2.24) is 39.4 Å². The number of rotatable bonds is 17. The number of likely N-dealkylation sites (tertiary alicyclic amines) is 1. The van der Waals surface area contributed by atoms with E-state index in [1.165, 1.54) is 12.3 Å². The van der Waals surface area contributed by atoms with Crippen LogP contribution in [0.15, 0.2) is 61.2 Å². The summed E-state index contributed by atoms with van der Waals surface area (Å²) in [6.45, 7) is 6.48. The number of amides is 2. The topological polar surface area (TPSA) is 196 Å². The van der Waals surface area contributed by atoms with Crippen LogP contribution in [0.1, 0.15) is 65.6 Å². The highest BCUT2D eigenvalue weighted by Crippen LogP contribution is 2.33. The van der Waals surface area contributed by atoms with Gasteiger partial charge in [0.2, 0.25) is 23.5 Å². The number of aromatic amines is 1. The van der Waals surface area contributed by atoms with Crippen LogP contribution in [0.4, 0.5) is 26.1 Å². The van der Waals surface area contributed by atoms with Gasteiger partial charge >= 0.3 is 0 Å². The fraction of sp³-hybridized carbons (Fsp3) is 0.378. The van der Waals surface area contributed by atoms with Crippen LogP contribution in [-0.2, 0) is 14.4 Å². The Bertz CT molecular complexity index is 2540. The molecule has 7 rings (SSSR count). The normalized spacial score (nSPS) is 15.2. The van der Waals surface area contributed by atoms with Gasteiger partial charge in [0.1, 0.15) is 23.8 Å². The highest BCUT2D eigenvalue weighted by Gasteiger charge is 2.29. The predicted molar refractivity (Wildman–Crippen MR) is 242 cm³/mol. The molecule has 0 spiro atoms. The summed E-state index contributed by atoms with van der Waals surface area (Å²) in [5, 5.41) is 16.1. The summed E-state index contributed by atoms with van der Waals surface area (Å²) in [5.74, 6) is -2.28. The lowest BCUT2D eigenvalue weighted by Gasteiger charge is -2.37. The van der Waals surface area contributed by atoms with E-state index in [0.717, 1.165) is 56.0 Å². The first-order valence-electron chi connectivity index (χ1n) is 21.2. The van der Waals surface area contributed by atoms with Crippen molar-refractivity contribution in [1.29, 1.82) is 5.26 Å². The molecule has 0 aliphatic carbocycles. The number of H-pyrrole nitrogens is 1. The number of nitriles is 1. The van der Waals surface area contributed by atoms with E-state index in [1.807, 2.05) is 40.2 Å². The maximum absolute atomic E-state index is 15.5. The van der Waals surface area contributed by atoms with Crippen molar-refractivity contribution in [3.63, 3.8) is 0 Å². The standard InChI is InChI=1S/C45H50F2N12O4S/c1-4-56(3)64-55-37-10-9-36(46)40(41(37)47)42(62)35-26-51-43-34(35)21-30(23-50-43)31-24-52-45(53-25-31)59-17-15-58(16-18-59)39(61)27-57-13-11-28(12-14-57)33-8-7-32(20-29(33)22-48)54-38(6-5-19-60)44(63)49-2/h7-10,19-21,23-26,28,38,54-55H,4-6,11-18,27H2,1-3H3,(H,49,63)(H,50,51).